The first-order valence-corrected chi connectivity index (χ1v) is 10.2. The lowest BCUT2D eigenvalue weighted by molar-refractivity contribution is -0.153. The van der Waals surface area contributed by atoms with Crippen LogP contribution in [0.3, 0.4) is 0 Å². The summed E-state index contributed by atoms with van der Waals surface area (Å²) in [5.74, 6) is -1.40. The largest absolute Gasteiger partial charge is 0.452 e. The van der Waals surface area contributed by atoms with Gasteiger partial charge in [0.25, 0.3) is 5.91 Å². The van der Waals surface area contributed by atoms with Crippen LogP contribution in [0.15, 0.2) is 46.7 Å². The van der Waals surface area contributed by atoms with Gasteiger partial charge in [0, 0.05) is 4.88 Å². The fourth-order valence-electron chi connectivity index (χ4n) is 2.05. The van der Waals surface area contributed by atoms with Gasteiger partial charge in [-0.3, -0.25) is 9.59 Å². The number of carbonyl (C=O) groups excluding carboxylic acids is 2. The van der Waals surface area contributed by atoms with Crippen LogP contribution in [-0.2, 0) is 30.9 Å². The number of thiophene rings is 1. The first-order chi connectivity index (χ1) is 12.8. The molecule has 8 nitrogen and oxygen atoms in total. The first kappa shape index (κ1) is 20.6. The predicted molar refractivity (Wildman–Crippen MR) is 98.1 cm³/mol. The fourth-order valence-corrected chi connectivity index (χ4v) is 3.82. The number of esters is 1. The summed E-state index contributed by atoms with van der Waals surface area (Å²) in [7, 11) is -4.07. The normalized spacial score (nSPS) is 12.0. The van der Waals surface area contributed by atoms with Crippen molar-refractivity contribution in [2.45, 2.75) is 24.5 Å². The number of amides is 1. The maximum absolute atomic E-state index is 12.2. The minimum Gasteiger partial charge on any atom is -0.452 e. The number of hydrogen-bond donors (Lipinski definition) is 2. The molecule has 1 aromatic heterocycles. The predicted octanol–water partition coefficient (Wildman–Crippen LogP) is 1.15. The van der Waals surface area contributed by atoms with Gasteiger partial charge in [-0.25, -0.2) is 8.42 Å². The second-order valence-corrected chi connectivity index (χ2v) is 8.13. The van der Waals surface area contributed by atoms with Gasteiger partial charge in [0.15, 0.2) is 6.10 Å². The molecule has 0 radical (unpaired) electrons. The van der Waals surface area contributed by atoms with Crippen LogP contribution in [-0.4, -0.2) is 32.9 Å². The van der Waals surface area contributed by atoms with Crippen LogP contribution >= 0.6 is 11.3 Å². The molecule has 0 saturated carbocycles. The molecule has 0 saturated heterocycles. The average molecular weight is 407 g/mol. The van der Waals surface area contributed by atoms with Crippen molar-refractivity contribution in [2.24, 2.45) is 0 Å². The highest BCUT2D eigenvalue weighted by Crippen LogP contribution is 2.13. The molecule has 142 valence electrons. The molecule has 0 bridgehead atoms. The van der Waals surface area contributed by atoms with Crippen LogP contribution in [0.4, 0.5) is 0 Å². The van der Waals surface area contributed by atoms with Gasteiger partial charge in [-0.15, -0.1) is 11.3 Å². The van der Waals surface area contributed by atoms with Crippen molar-refractivity contribution in [2.75, 3.05) is 6.54 Å². The molecule has 0 unspecified atom stereocenters. The van der Waals surface area contributed by atoms with Gasteiger partial charge >= 0.3 is 5.97 Å². The third-order valence-electron chi connectivity index (χ3n) is 3.40. The molecule has 1 aromatic carbocycles. The molecule has 10 heteroatoms. The minimum absolute atomic E-state index is 0.0420. The molecule has 0 fully saturated rings. The number of nitrogens with zero attached hydrogens (tertiary/aromatic N) is 1. The van der Waals surface area contributed by atoms with Crippen LogP contribution in [0.1, 0.15) is 17.4 Å². The summed E-state index contributed by atoms with van der Waals surface area (Å²) in [6.45, 7) is 1.04. The Kier molecular flexibility index (Phi) is 7.06. The lowest BCUT2D eigenvalue weighted by Crippen LogP contribution is -2.38. The quantitative estimate of drug-likeness (QED) is 0.632. The Bertz CT molecular complexity index is 949. The monoisotopic (exact) mass is 407 g/mol. The molecule has 0 spiro atoms. The molecule has 0 aliphatic carbocycles. The molecule has 1 heterocycles. The second kappa shape index (κ2) is 9.27. The number of benzene rings is 1. The molecule has 0 aliphatic rings. The zero-order valence-electron chi connectivity index (χ0n) is 14.3. The summed E-state index contributed by atoms with van der Waals surface area (Å²) < 4.78 is 31.4. The number of nitriles is 1. The molecule has 0 aliphatic heterocycles. The van der Waals surface area contributed by atoms with Gasteiger partial charge < -0.3 is 10.1 Å². The van der Waals surface area contributed by atoms with E-state index in [-0.39, 0.29) is 10.5 Å². The average Bonchev–Trinajstić information content (AvgIpc) is 3.18. The lowest BCUT2D eigenvalue weighted by Gasteiger charge is -2.14. The van der Waals surface area contributed by atoms with E-state index in [1.54, 1.807) is 6.07 Å². The summed E-state index contributed by atoms with van der Waals surface area (Å²) in [6, 6.07) is 11.1. The van der Waals surface area contributed by atoms with Gasteiger partial charge in [0.2, 0.25) is 10.0 Å². The Morgan fingerprint density at radius 2 is 2.00 bits per heavy atom. The van der Waals surface area contributed by atoms with Crippen molar-refractivity contribution in [1.29, 1.82) is 5.26 Å². The molecular weight excluding hydrogens is 390 g/mol. The number of rotatable bonds is 8. The Morgan fingerprint density at radius 1 is 1.26 bits per heavy atom. The van der Waals surface area contributed by atoms with Crippen molar-refractivity contribution in [3.05, 3.63) is 52.2 Å². The molecule has 1 atom stereocenters. The minimum atomic E-state index is -4.07. The van der Waals surface area contributed by atoms with Crippen LogP contribution in [0.2, 0.25) is 0 Å². The van der Waals surface area contributed by atoms with E-state index in [1.807, 2.05) is 17.5 Å². The highest BCUT2D eigenvalue weighted by Gasteiger charge is 2.22. The van der Waals surface area contributed by atoms with Crippen molar-refractivity contribution >= 4 is 33.2 Å². The summed E-state index contributed by atoms with van der Waals surface area (Å²) in [5.41, 5.74) is -0.0420. The Labute approximate surface area is 160 Å². The number of nitrogens with one attached hydrogen (secondary N) is 2. The lowest BCUT2D eigenvalue weighted by atomic mass is 10.2. The molecule has 27 heavy (non-hydrogen) atoms. The number of ether oxygens (including phenoxy) is 1. The van der Waals surface area contributed by atoms with Gasteiger partial charge in [0.1, 0.15) is 12.6 Å². The molecule has 2 N–H and O–H groups in total. The smallest absolute Gasteiger partial charge is 0.321 e. The molecule has 1 amide bonds. The SMILES string of the molecule is C[C@H](OC(=O)CNS(=O)(=O)c1ccccc1C#N)C(=O)NCc1cccs1. The number of carbonyl (C=O) groups is 2. The Hall–Kier alpha value is -2.74. The van der Waals surface area contributed by atoms with Gasteiger partial charge in [-0.05, 0) is 30.5 Å². The van der Waals surface area contributed by atoms with E-state index in [2.05, 4.69) is 10.0 Å². The van der Waals surface area contributed by atoms with E-state index in [9.17, 15) is 18.0 Å². The zero-order valence-corrected chi connectivity index (χ0v) is 16.0. The van der Waals surface area contributed by atoms with E-state index in [1.165, 1.54) is 42.5 Å². The Morgan fingerprint density at radius 3 is 2.67 bits per heavy atom. The summed E-state index contributed by atoms with van der Waals surface area (Å²) in [5, 5.41) is 13.5. The van der Waals surface area contributed by atoms with Gasteiger partial charge in [0.05, 0.1) is 17.0 Å². The Balaban J connectivity index is 1.86. The second-order valence-electron chi connectivity index (χ2n) is 5.36. The maximum atomic E-state index is 12.2. The molecular formula is C17H17N3O5S2. The van der Waals surface area contributed by atoms with E-state index in [0.717, 1.165) is 4.88 Å². The van der Waals surface area contributed by atoms with Crippen molar-refractivity contribution in [3.63, 3.8) is 0 Å². The van der Waals surface area contributed by atoms with Crippen molar-refractivity contribution in [1.82, 2.24) is 10.0 Å². The number of hydrogen-bond acceptors (Lipinski definition) is 7. The summed E-state index contributed by atoms with van der Waals surface area (Å²) >= 11 is 1.48. The first-order valence-electron chi connectivity index (χ1n) is 7.82. The van der Waals surface area contributed by atoms with E-state index in [4.69, 9.17) is 10.00 Å². The van der Waals surface area contributed by atoms with E-state index < -0.39 is 34.5 Å². The highest BCUT2D eigenvalue weighted by molar-refractivity contribution is 7.89. The van der Waals surface area contributed by atoms with Gasteiger partial charge in [-0.2, -0.15) is 9.98 Å². The van der Waals surface area contributed by atoms with Gasteiger partial charge in [-0.1, -0.05) is 18.2 Å². The summed E-state index contributed by atoms with van der Waals surface area (Å²) in [4.78, 5) is 24.5. The third-order valence-corrected chi connectivity index (χ3v) is 5.73. The standard InChI is InChI=1S/C17H17N3O5S2/c1-12(17(22)19-10-14-6-4-8-26-14)25-16(21)11-20-27(23,24)15-7-3-2-5-13(15)9-18/h2-8,12,20H,10-11H2,1H3,(H,19,22)/t12-/m0/s1. The maximum Gasteiger partial charge on any atom is 0.321 e. The van der Waals surface area contributed by atoms with E-state index in [0.29, 0.717) is 6.54 Å². The van der Waals surface area contributed by atoms with E-state index >= 15 is 0 Å². The fraction of sp³-hybridized carbons (Fsp3) is 0.235. The molecule has 2 rings (SSSR count). The topological polar surface area (TPSA) is 125 Å². The molecule has 2 aromatic rings. The van der Waals surface area contributed by atoms with Crippen molar-refractivity contribution in [3.8, 4) is 6.07 Å². The van der Waals surface area contributed by atoms with Crippen LogP contribution in [0.25, 0.3) is 0 Å². The summed E-state index contributed by atoms with van der Waals surface area (Å²) in [6.07, 6.45) is -1.08. The third kappa shape index (κ3) is 5.89. The zero-order chi connectivity index (χ0) is 19.9. The van der Waals surface area contributed by atoms with Crippen LogP contribution < -0.4 is 10.0 Å². The van der Waals surface area contributed by atoms with Crippen molar-refractivity contribution < 1.29 is 22.7 Å². The highest BCUT2D eigenvalue weighted by atomic mass is 32.2. The number of sulfonamides is 1. The van der Waals surface area contributed by atoms with Crippen LogP contribution in [0, 0.1) is 11.3 Å². The van der Waals surface area contributed by atoms with Crippen LogP contribution in [0.5, 0.6) is 0 Å².